The normalized spacial score (nSPS) is 18.9. The third-order valence-electron chi connectivity index (χ3n) is 3.26. The molecule has 0 saturated carbocycles. The predicted molar refractivity (Wildman–Crippen MR) is 76.3 cm³/mol. The first-order chi connectivity index (χ1) is 9.65. The van der Waals surface area contributed by atoms with E-state index in [-0.39, 0.29) is 18.3 Å². The summed E-state index contributed by atoms with van der Waals surface area (Å²) in [4.78, 5) is 12.6. The Kier molecular flexibility index (Phi) is 4.75. The maximum atomic E-state index is 11.0. The highest BCUT2D eigenvalue weighted by atomic mass is 16.6. The smallest absolute Gasteiger partial charge is 0.273 e. The molecule has 0 bridgehead atoms. The van der Waals surface area contributed by atoms with E-state index in [4.69, 9.17) is 4.74 Å². The van der Waals surface area contributed by atoms with Gasteiger partial charge in [0.15, 0.2) is 0 Å². The van der Waals surface area contributed by atoms with E-state index in [1.54, 1.807) is 0 Å². The molecule has 0 spiro atoms. The van der Waals surface area contributed by atoms with Crippen molar-refractivity contribution < 1.29 is 14.8 Å². The van der Waals surface area contributed by atoms with Crippen LogP contribution in [-0.4, -0.2) is 49.0 Å². The number of nitrogens with one attached hydrogen (secondary N) is 1. The highest BCUT2D eigenvalue weighted by Crippen LogP contribution is 2.29. The molecule has 2 rings (SSSR count). The van der Waals surface area contributed by atoms with Crippen molar-refractivity contribution >= 4 is 17.1 Å². The van der Waals surface area contributed by atoms with Crippen LogP contribution in [0.15, 0.2) is 18.2 Å². The molecule has 110 valence electrons. The average Bonchev–Trinajstić information content (AvgIpc) is 2.47. The highest BCUT2D eigenvalue weighted by molar-refractivity contribution is 5.65. The largest absolute Gasteiger partial charge is 0.394 e. The molecule has 1 aliphatic rings. The van der Waals surface area contributed by atoms with Gasteiger partial charge in [-0.15, -0.1) is 0 Å². The molecular weight excluding hydrogens is 262 g/mol. The predicted octanol–water partition coefficient (Wildman–Crippen LogP) is 1.22. The number of rotatable bonds is 5. The van der Waals surface area contributed by atoms with Crippen molar-refractivity contribution in [2.24, 2.45) is 0 Å². The van der Waals surface area contributed by atoms with Crippen molar-refractivity contribution in [3.8, 4) is 0 Å². The van der Waals surface area contributed by atoms with E-state index in [1.165, 1.54) is 12.1 Å². The quantitative estimate of drug-likeness (QED) is 0.623. The maximum Gasteiger partial charge on any atom is 0.273 e. The molecule has 1 atom stereocenters. The van der Waals surface area contributed by atoms with Crippen LogP contribution in [-0.2, 0) is 4.74 Å². The fourth-order valence-corrected chi connectivity index (χ4v) is 2.32. The van der Waals surface area contributed by atoms with Crippen LogP contribution in [0.25, 0.3) is 0 Å². The molecule has 1 aliphatic heterocycles. The van der Waals surface area contributed by atoms with Crippen LogP contribution >= 0.6 is 0 Å². The topological polar surface area (TPSA) is 87.9 Å². The van der Waals surface area contributed by atoms with Crippen LogP contribution in [0.2, 0.25) is 0 Å². The van der Waals surface area contributed by atoms with Crippen LogP contribution in [0.5, 0.6) is 0 Å². The number of nitro benzene ring substituents is 1. The number of aliphatic hydroxyl groups is 1. The van der Waals surface area contributed by atoms with Crippen molar-refractivity contribution in [1.29, 1.82) is 0 Å². The van der Waals surface area contributed by atoms with Gasteiger partial charge in [-0.05, 0) is 13.0 Å². The Hall–Kier alpha value is -1.86. The number of anilines is 2. The molecule has 1 fully saturated rings. The molecule has 20 heavy (non-hydrogen) atoms. The van der Waals surface area contributed by atoms with Gasteiger partial charge in [-0.3, -0.25) is 10.1 Å². The Labute approximate surface area is 117 Å². The van der Waals surface area contributed by atoms with Crippen molar-refractivity contribution in [3.63, 3.8) is 0 Å². The Morgan fingerprint density at radius 2 is 2.35 bits per heavy atom. The summed E-state index contributed by atoms with van der Waals surface area (Å²) in [7, 11) is 0. The fraction of sp³-hybridized carbons (Fsp3) is 0.538. The SMILES string of the molecule is CCNc1cc(N2CCOCC2CO)cc([N+](=O)[O-])c1. The summed E-state index contributed by atoms with van der Waals surface area (Å²) < 4.78 is 5.33. The number of ether oxygens (including phenoxy) is 1. The molecule has 1 unspecified atom stereocenters. The van der Waals surface area contributed by atoms with Gasteiger partial charge >= 0.3 is 0 Å². The molecule has 7 nitrogen and oxygen atoms in total. The lowest BCUT2D eigenvalue weighted by molar-refractivity contribution is -0.384. The first kappa shape index (κ1) is 14.5. The van der Waals surface area contributed by atoms with Crippen molar-refractivity contribution in [3.05, 3.63) is 28.3 Å². The number of aliphatic hydroxyl groups excluding tert-OH is 1. The number of benzene rings is 1. The summed E-state index contributed by atoms with van der Waals surface area (Å²) in [6.07, 6.45) is 0. The summed E-state index contributed by atoms with van der Waals surface area (Å²) in [5, 5.41) is 23.5. The van der Waals surface area contributed by atoms with Crippen LogP contribution in [0, 0.1) is 10.1 Å². The Morgan fingerprint density at radius 3 is 3.00 bits per heavy atom. The van der Waals surface area contributed by atoms with Crippen molar-refractivity contribution in [1.82, 2.24) is 0 Å². The number of nitro groups is 1. The zero-order valence-electron chi connectivity index (χ0n) is 11.4. The molecule has 0 amide bonds. The van der Waals surface area contributed by atoms with E-state index < -0.39 is 4.92 Å². The molecule has 0 radical (unpaired) electrons. The molecule has 1 saturated heterocycles. The number of hydrogen-bond acceptors (Lipinski definition) is 6. The van der Waals surface area contributed by atoms with E-state index in [9.17, 15) is 15.2 Å². The third kappa shape index (κ3) is 3.17. The van der Waals surface area contributed by atoms with Crippen molar-refractivity contribution in [2.75, 3.05) is 43.1 Å². The molecule has 1 aromatic carbocycles. The lowest BCUT2D eigenvalue weighted by Crippen LogP contribution is -2.47. The number of morpholine rings is 1. The summed E-state index contributed by atoms with van der Waals surface area (Å²) in [5.41, 5.74) is 1.49. The second kappa shape index (κ2) is 6.53. The van der Waals surface area contributed by atoms with Gasteiger partial charge in [-0.1, -0.05) is 0 Å². The monoisotopic (exact) mass is 281 g/mol. The minimum Gasteiger partial charge on any atom is -0.394 e. The standard InChI is InChI=1S/C13H19N3O4/c1-2-14-10-5-11(7-12(6-10)16(18)19)15-3-4-20-9-13(15)8-17/h5-7,13-14,17H,2-4,8-9H2,1H3. The Balaban J connectivity index is 2.35. The summed E-state index contributed by atoms with van der Waals surface area (Å²) in [6.45, 7) is 4.17. The molecule has 2 N–H and O–H groups in total. The van der Waals surface area contributed by atoms with E-state index in [0.29, 0.717) is 32.0 Å². The van der Waals surface area contributed by atoms with E-state index in [2.05, 4.69) is 5.32 Å². The number of nitrogens with zero attached hydrogens (tertiary/aromatic N) is 2. The Bertz CT molecular complexity index is 481. The van der Waals surface area contributed by atoms with Gasteiger partial charge in [0.2, 0.25) is 0 Å². The fourth-order valence-electron chi connectivity index (χ4n) is 2.32. The molecule has 0 aliphatic carbocycles. The van der Waals surface area contributed by atoms with E-state index >= 15 is 0 Å². The maximum absolute atomic E-state index is 11.0. The zero-order chi connectivity index (χ0) is 14.5. The minimum atomic E-state index is -0.404. The van der Waals surface area contributed by atoms with Crippen LogP contribution in [0.1, 0.15) is 6.92 Å². The summed E-state index contributed by atoms with van der Waals surface area (Å²) in [5.74, 6) is 0. The van der Waals surface area contributed by atoms with Gasteiger partial charge in [-0.25, -0.2) is 0 Å². The van der Waals surface area contributed by atoms with Gasteiger partial charge in [0.05, 0.1) is 30.8 Å². The van der Waals surface area contributed by atoms with Gasteiger partial charge in [0, 0.05) is 36.6 Å². The molecule has 1 heterocycles. The lowest BCUT2D eigenvalue weighted by Gasteiger charge is -2.36. The first-order valence-corrected chi connectivity index (χ1v) is 6.64. The number of hydrogen-bond donors (Lipinski definition) is 2. The van der Waals surface area contributed by atoms with Gasteiger partial charge in [-0.2, -0.15) is 0 Å². The zero-order valence-corrected chi connectivity index (χ0v) is 11.4. The van der Waals surface area contributed by atoms with Crippen LogP contribution in [0.3, 0.4) is 0 Å². The van der Waals surface area contributed by atoms with E-state index in [0.717, 1.165) is 5.69 Å². The molecule has 0 aromatic heterocycles. The van der Waals surface area contributed by atoms with Crippen LogP contribution < -0.4 is 10.2 Å². The van der Waals surface area contributed by atoms with Gasteiger partial charge in [0.25, 0.3) is 5.69 Å². The van der Waals surface area contributed by atoms with Gasteiger partial charge < -0.3 is 20.1 Å². The third-order valence-corrected chi connectivity index (χ3v) is 3.26. The second-order valence-corrected chi connectivity index (χ2v) is 4.63. The van der Waals surface area contributed by atoms with Gasteiger partial charge in [0.1, 0.15) is 0 Å². The Morgan fingerprint density at radius 1 is 1.55 bits per heavy atom. The number of non-ortho nitro benzene ring substituents is 1. The molecular formula is C13H19N3O4. The summed E-state index contributed by atoms with van der Waals surface area (Å²) in [6, 6.07) is 4.75. The first-order valence-electron chi connectivity index (χ1n) is 6.64. The summed E-state index contributed by atoms with van der Waals surface area (Å²) >= 11 is 0. The average molecular weight is 281 g/mol. The molecule has 1 aromatic rings. The lowest BCUT2D eigenvalue weighted by atomic mass is 10.1. The van der Waals surface area contributed by atoms with Crippen molar-refractivity contribution in [2.45, 2.75) is 13.0 Å². The second-order valence-electron chi connectivity index (χ2n) is 4.63. The van der Waals surface area contributed by atoms with Crippen LogP contribution in [0.4, 0.5) is 17.1 Å². The minimum absolute atomic E-state index is 0.0424. The van der Waals surface area contributed by atoms with E-state index in [1.807, 2.05) is 17.9 Å². The molecule has 7 heteroatoms. The highest BCUT2D eigenvalue weighted by Gasteiger charge is 2.24.